The Labute approximate surface area is 136 Å². The summed E-state index contributed by atoms with van der Waals surface area (Å²) in [5.41, 5.74) is 1.95. The molecule has 0 aliphatic rings. The van der Waals surface area contributed by atoms with Gasteiger partial charge >= 0.3 is 0 Å². The van der Waals surface area contributed by atoms with E-state index in [0.29, 0.717) is 0 Å². The summed E-state index contributed by atoms with van der Waals surface area (Å²) >= 11 is 0. The van der Waals surface area contributed by atoms with Crippen molar-refractivity contribution < 1.29 is 9.84 Å². The van der Waals surface area contributed by atoms with Gasteiger partial charge in [0.1, 0.15) is 11.9 Å². The summed E-state index contributed by atoms with van der Waals surface area (Å²) in [7, 11) is 0. The first-order valence-corrected chi connectivity index (χ1v) is 7.97. The normalized spacial score (nSPS) is 15.0. The predicted octanol–water partition coefficient (Wildman–Crippen LogP) is 3.79. The summed E-state index contributed by atoms with van der Waals surface area (Å²) in [5.74, 6) is 0.766. The standard InChI is InChI=1S/C19H24N2O2/c1-12(22)18(21-19(2,3)4)23-16-11-7-10-15-17(16)13-8-5-6-9-14(13)20-15/h5-12,18,20-22H,1-4H3. The number of rotatable bonds is 4. The molecule has 0 aliphatic heterocycles. The van der Waals surface area contributed by atoms with E-state index in [0.717, 1.165) is 27.6 Å². The van der Waals surface area contributed by atoms with Gasteiger partial charge in [0.05, 0.1) is 5.52 Å². The molecule has 3 N–H and O–H groups in total. The number of aromatic nitrogens is 1. The van der Waals surface area contributed by atoms with Crippen molar-refractivity contribution in [3.63, 3.8) is 0 Å². The molecule has 0 spiro atoms. The van der Waals surface area contributed by atoms with Gasteiger partial charge in [-0.25, -0.2) is 0 Å². The van der Waals surface area contributed by atoms with Gasteiger partial charge in [-0.3, -0.25) is 5.32 Å². The second kappa shape index (κ2) is 5.87. The molecule has 4 heteroatoms. The van der Waals surface area contributed by atoms with Gasteiger partial charge in [0.15, 0.2) is 6.23 Å². The third kappa shape index (κ3) is 3.33. The number of aliphatic hydroxyl groups excluding tert-OH is 1. The Morgan fingerprint density at radius 2 is 1.74 bits per heavy atom. The fraction of sp³-hybridized carbons (Fsp3) is 0.368. The van der Waals surface area contributed by atoms with Gasteiger partial charge in [-0.05, 0) is 45.9 Å². The van der Waals surface area contributed by atoms with Crippen LogP contribution in [0.15, 0.2) is 42.5 Å². The quantitative estimate of drug-likeness (QED) is 0.642. The Balaban J connectivity index is 2.05. The van der Waals surface area contributed by atoms with E-state index >= 15 is 0 Å². The van der Waals surface area contributed by atoms with Gasteiger partial charge in [0.25, 0.3) is 0 Å². The van der Waals surface area contributed by atoms with Gasteiger partial charge in [0, 0.05) is 21.8 Å². The second-order valence-electron chi connectivity index (χ2n) is 7.02. The smallest absolute Gasteiger partial charge is 0.176 e. The van der Waals surface area contributed by atoms with Crippen LogP contribution in [-0.4, -0.2) is 28.0 Å². The minimum atomic E-state index is -0.630. The fourth-order valence-corrected chi connectivity index (χ4v) is 2.78. The minimum absolute atomic E-state index is 0.157. The average Bonchev–Trinajstić information content (AvgIpc) is 2.84. The van der Waals surface area contributed by atoms with Gasteiger partial charge in [-0.2, -0.15) is 0 Å². The van der Waals surface area contributed by atoms with Crippen LogP contribution in [0.3, 0.4) is 0 Å². The van der Waals surface area contributed by atoms with Gasteiger partial charge in [-0.15, -0.1) is 0 Å². The SMILES string of the molecule is CC(O)C(NC(C)(C)C)Oc1cccc2[nH]c3ccccc3c12. The third-order valence-electron chi connectivity index (χ3n) is 3.76. The number of ether oxygens (including phenoxy) is 1. The molecule has 4 nitrogen and oxygen atoms in total. The highest BCUT2D eigenvalue weighted by atomic mass is 16.5. The lowest BCUT2D eigenvalue weighted by molar-refractivity contribution is 0.0122. The van der Waals surface area contributed by atoms with Crippen LogP contribution in [0.2, 0.25) is 0 Å². The molecule has 2 aromatic carbocycles. The number of hydrogen-bond acceptors (Lipinski definition) is 3. The molecule has 0 aliphatic carbocycles. The van der Waals surface area contributed by atoms with E-state index in [-0.39, 0.29) is 5.54 Å². The number of H-pyrrole nitrogens is 1. The maximum atomic E-state index is 10.1. The number of hydrogen-bond donors (Lipinski definition) is 3. The Hall–Kier alpha value is -2.04. The highest BCUT2D eigenvalue weighted by molar-refractivity contribution is 6.10. The van der Waals surface area contributed by atoms with Crippen molar-refractivity contribution in [1.29, 1.82) is 0 Å². The summed E-state index contributed by atoms with van der Waals surface area (Å²) in [5, 5.41) is 15.6. The Bertz CT molecular complexity index is 815. The van der Waals surface area contributed by atoms with Crippen molar-refractivity contribution in [1.82, 2.24) is 10.3 Å². The molecule has 1 heterocycles. The highest BCUT2D eigenvalue weighted by Crippen LogP contribution is 2.33. The van der Waals surface area contributed by atoms with Crippen molar-refractivity contribution in [2.45, 2.75) is 45.6 Å². The van der Waals surface area contributed by atoms with E-state index in [4.69, 9.17) is 4.74 Å². The maximum Gasteiger partial charge on any atom is 0.176 e. The van der Waals surface area contributed by atoms with Crippen molar-refractivity contribution in [2.75, 3.05) is 0 Å². The molecular formula is C19H24N2O2. The van der Waals surface area contributed by atoms with Crippen LogP contribution in [0.4, 0.5) is 0 Å². The molecule has 122 valence electrons. The average molecular weight is 312 g/mol. The van der Waals surface area contributed by atoms with Crippen LogP contribution >= 0.6 is 0 Å². The first kappa shape index (κ1) is 15.8. The number of aromatic amines is 1. The molecule has 0 bridgehead atoms. The number of para-hydroxylation sites is 1. The summed E-state index contributed by atoms with van der Waals surface area (Å²) < 4.78 is 6.15. The molecule has 0 saturated carbocycles. The zero-order valence-corrected chi connectivity index (χ0v) is 14.1. The van der Waals surface area contributed by atoms with Crippen molar-refractivity contribution in [3.05, 3.63) is 42.5 Å². The lowest BCUT2D eigenvalue weighted by Gasteiger charge is -2.31. The van der Waals surface area contributed by atoms with E-state index in [2.05, 4.69) is 43.2 Å². The van der Waals surface area contributed by atoms with Crippen LogP contribution < -0.4 is 10.1 Å². The van der Waals surface area contributed by atoms with Crippen molar-refractivity contribution in [2.24, 2.45) is 0 Å². The number of aliphatic hydroxyl groups is 1. The lowest BCUT2D eigenvalue weighted by atomic mass is 10.1. The molecule has 2 unspecified atom stereocenters. The molecule has 3 rings (SSSR count). The molecule has 1 aromatic heterocycles. The van der Waals surface area contributed by atoms with Gasteiger partial charge in [-0.1, -0.05) is 24.3 Å². The van der Waals surface area contributed by atoms with Gasteiger partial charge in [0.2, 0.25) is 0 Å². The van der Waals surface area contributed by atoms with Crippen LogP contribution in [0, 0.1) is 0 Å². The van der Waals surface area contributed by atoms with E-state index in [1.165, 1.54) is 0 Å². The first-order valence-electron chi connectivity index (χ1n) is 7.97. The molecule has 3 aromatic rings. The molecule has 2 atom stereocenters. The van der Waals surface area contributed by atoms with Crippen LogP contribution in [-0.2, 0) is 0 Å². The number of fused-ring (bicyclic) bond motifs is 3. The second-order valence-corrected chi connectivity index (χ2v) is 7.02. The fourth-order valence-electron chi connectivity index (χ4n) is 2.78. The van der Waals surface area contributed by atoms with Crippen LogP contribution in [0.5, 0.6) is 5.75 Å². The summed E-state index contributed by atoms with van der Waals surface area (Å²) in [6.45, 7) is 7.90. The van der Waals surface area contributed by atoms with Gasteiger partial charge < -0.3 is 14.8 Å². The number of nitrogens with one attached hydrogen (secondary N) is 2. The zero-order chi connectivity index (χ0) is 16.6. The lowest BCUT2D eigenvalue weighted by Crippen LogP contribution is -2.51. The van der Waals surface area contributed by atoms with E-state index in [1.807, 2.05) is 30.3 Å². The van der Waals surface area contributed by atoms with E-state index in [1.54, 1.807) is 6.92 Å². The van der Waals surface area contributed by atoms with Crippen LogP contribution in [0.25, 0.3) is 21.8 Å². The molecule has 23 heavy (non-hydrogen) atoms. The summed E-state index contributed by atoms with van der Waals surface area (Å²) in [6.07, 6.45) is -1.11. The topological polar surface area (TPSA) is 57.3 Å². The zero-order valence-electron chi connectivity index (χ0n) is 14.1. The minimum Gasteiger partial charge on any atom is -0.472 e. The summed E-state index contributed by atoms with van der Waals surface area (Å²) in [6, 6.07) is 14.1. The monoisotopic (exact) mass is 312 g/mol. The Kier molecular flexibility index (Phi) is 4.04. The molecular weight excluding hydrogens is 288 g/mol. The van der Waals surface area contributed by atoms with Crippen molar-refractivity contribution in [3.8, 4) is 5.75 Å². The van der Waals surface area contributed by atoms with E-state index < -0.39 is 12.3 Å². The molecule has 0 amide bonds. The molecule has 0 fully saturated rings. The largest absolute Gasteiger partial charge is 0.472 e. The Morgan fingerprint density at radius 3 is 2.43 bits per heavy atom. The highest BCUT2D eigenvalue weighted by Gasteiger charge is 2.24. The Morgan fingerprint density at radius 1 is 1.04 bits per heavy atom. The summed E-state index contributed by atoms with van der Waals surface area (Å²) in [4.78, 5) is 3.41. The third-order valence-corrected chi connectivity index (χ3v) is 3.76. The molecule has 0 saturated heterocycles. The van der Waals surface area contributed by atoms with Crippen molar-refractivity contribution >= 4 is 21.8 Å². The first-order chi connectivity index (χ1) is 10.8. The number of benzene rings is 2. The predicted molar refractivity (Wildman–Crippen MR) is 94.8 cm³/mol. The van der Waals surface area contributed by atoms with E-state index in [9.17, 15) is 5.11 Å². The maximum absolute atomic E-state index is 10.1. The van der Waals surface area contributed by atoms with Crippen LogP contribution in [0.1, 0.15) is 27.7 Å². The molecule has 0 radical (unpaired) electrons.